The first-order valence-electron chi connectivity index (χ1n) is 7.44. The second-order valence-electron chi connectivity index (χ2n) is 4.70. The number of anilines is 2. The van der Waals surface area contributed by atoms with E-state index in [0.717, 1.165) is 31.9 Å². The smallest absolute Gasteiger partial charge is 0.241 e. The van der Waals surface area contributed by atoms with Crippen LogP contribution in [0.25, 0.3) is 5.95 Å². The molecule has 7 nitrogen and oxygen atoms in total. The molecule has 0 aliphatic carbocycles. The molecule has 2 heterocycles. The molecule has 0 radical (unpaired) electrons. The van der Waals surface area contributed by atoms with Gasteiger partial charge in [-0.3, -0.25) is 4.57 Å². The van der Waals surface area contributed by atoms with Crippen LogP contribution in [0.5, 0.6) is 0 Å². The van der Waals surface area contributed by atoms with Crippen molar-refractivity contribution in [3.05, 3.63) is 18.2 Å². The van der Waals surface area contributed by atoms with Crippen molar-refractivity contribution < 1.29 is 0 Å². The molecule has 0 aliphatic rings. The summed E-state index contributed by atoms with van der Waals surface area (Å²) in [6, 6.07) is 0. The Labute approximate surface area is 125 Å². The highest BCUT2D eigenvalue weighted by Gasteiger charge is 2.13. The molecular weight excluding hydrogens is 266 g/mol. The van der Waals surface area contributed by atoms with Crippen molar-refractivity contribution in [3.8, 4) is 5.95 Å². The maximum Gasteiger partial charge on any atom is 0.241 e. The maximum absolute atomic E-state index is 4.57. The molecule has 0 saturated carbocycles. The minimum absolute atomic E-state index is 0.598. The van der Waals surface area contributed by atoms with Crippen LogP contribution in [0.3, 0.4) is 0 Å². The lowest BCUT2D eigenvalue weighted by molar-refractivity contribution is 0.785. The van der Waals surface area contributed by atoms with Crippen LogP contribution in [0.1, 0.15) is 33.0 Å². The van der Waals surface area contributed by atoms with Gasteiger partial charge in [0.1, 0.15) is 5.82 Å². The second-order valence-corrected chi connectivity index (χ2v) is 4.70. The number of hydrogen-bond acceptors (Lipinski definition) is 6. The second kappa shape index (κ2) is 7.01. The number of nitrogens with zero attached hydrogens (tertiary/aromatic N) is 6. The molecule has 7 heteroatoms. The van der Waals surface area contributed by atoms with E-state index in [4.69, 9.17) is 0 Å². The molecule has 2 aromatic heterocycles. The number of nitrogens with one attached hydrogen (secondary N) is 1. The third-order valence-corrected chi connectivity index (χ3v) is 3.23. The molecule has 0 saturated heterocycles. The summed E-state index contributed by atoms with van der Waals surface area (Å²) in [5.74, 6) is 2.75. The quantitative estimate of drug-likeness (QED) is 0.841. The standard InChI is InChI=1S/C14H23N7/c1-5-8-16-12-17-13(20(6-2)7-3)19-14(18-12)21-10-9-15-11(21)4/h9-10H,5-8H2,1-4H3,(H,16,17,18,19). The fourth-order valence-corrected chi connectivity index (χ4v) is 2.01. The highest BCUT2D eigenvalue weighted by atomic mass is 15.3. The lowest BCUT2D eigenvalue weighted by Crippen LogP contribution is -2.26. The number of imidazole rings is 1. The lowest BCUT2D eigenvalue weighted by atomic mass is 10.5. The number of hydrogen-bond donors (Lipinski definition) is 1. The van der Waals surface area contributed by atoms with E-state index >= 15 is 0 Å². The van der Waals surface area contributed by atoms with E-state index in [2.05, 4.69) is 50.9 Å². The van der Waals surface area contributed by atoms with Crippen LogP contribution in [0.4, 0.5) is 11.9 Å². The van der Waals surface area contributed by atoms with Crippen LogP contribution in [0.15, 0.2) is 12.4 Å². The van der Waals surface area contributed by atoms with Crippen molar-refractivity contribution in [2.24, 2.45) is 0 Å². The van der Waals surface area contributed by atoms with E-state index in [-0.39, 0.29) is 0 Å². The predicted molar refractivity (Wildman–Crippen MR) is 84.0 cm³/mol. The van der Waals surface area contributed by atoms with Crippen LogP contribution in [0, 0.1) is 6.92 Å². The molecule has 0 atom stereocenters. The first-order chi connectivity index (χ1) is 10.2. The van der Waals surface area contributed by atoms with Crippen molar-refractivity contribution in [2.75, 3.05) is 29.9 Å². The summed E-state index contributed by atoms with van der Waals surface area (Å²) in [5.41, 5.74) is 0. The number of aryl methyl sites for hydroxylation is 1. The van der Waals surface area contributed by atoms with Gasteiger partial charge in [0.25, 0.3) is 0 Å². The number of rotatable bonds is 7. The SMILES string of the molecule is CCCNc1nc(N(CC)CC)nc(-n2ccnc2C)n1. The maximum atomic E-state index is 4.57. The Balaban J connectivity index is 2.44. The average Bonchev–Trinajstić information content (AvgIpc) is 2.92. The van der Waals surface area contributed by atoms with Crippen LogP contribution < -0.4 is 10.2 Å². The fraction of sp³-hybridized carbons (Fsp3) is 0.571. The van der Waals surface area contributed by atoms with E-state index in [0.29, 0.717) is 17.8 Å². The largest absolute Gasteiger partial charge is 0.354 e. The Bertz CT molecular complexity index is 574. The Morgan fingerprint density at radius 1 is 1.14 bits per heavy atom. The molecule has 0 unspecified atom stereocenters. The number of aromatic nitrogens is 5. The topological polar surface area (TPSA) is 71.8 Å². The first-order valence-corrected chi connectivity index (χ1v) is 7.44. The van der Waals surface area contributed by atoms with E-state index in [9.17, 15) is 0 Å². The van der Waals surface area contributed by atoms with Gasteiger partial charge >= 0.3 is 0 Å². The molecule has 114 valence electrons. The van der Waals surface area contributed by atoms with E-state index < -0.39 is 0 Å². The van der Waals surface area contributed by atoms with E-state index in [1.807, 2.05) is 17.7 Å². The van der Waals surface area contributed by atoms with Gasteiger partial charge in [0.2, 0.25) is 17.8 Å². The van der Waals surface area contributed by atoms with Crippen LogP contribution in [0.2, 0.25) is 0 Å². The highest BCUT2D eigenvalue weighted by Crippen LogP contribution is 2.14. The molecule has 2 aromatic rings. The normalized spacial score (nSPS) is 10.7. The van der Waals surface area contributed by atoms with Gasteiger partial charge in [0.05, 0.1) is 0 Å². The van der Waals surface area contributed by atoms with Crippen molar-refractivity contribution in [1.29, 1.82) is 0 Å². The van der Waals surface area contributed by atoms with Gasteiger partial charge in [-0.25, -0.2) is 4.98 Å². The average molecular weight is 289 g/mol. The first kappa shape index (κ1) is 15.2. The van der Waals surface area contributed by atoms with E-state index in [1.165, 1.54) is 0 Å². The van der Waals surface area contributed by atoms with Gasteiger partial charge in [0.15, 0.2) is 0 Å². The van der Waals surface area contributed by atoms with Gasteiger partial charge in [-0.05, 0) is 27.2 Å². The fourth-order valence-electron chi connectivity index (χ4n) is 2.01. The van der Waals surface area contributed by atoms with E-state index in [1.54, 1.807) is 6.20 Å². The Kier molecular flexibility index (Phi) is 5.08. The van der Waals surface area contributed by atoms with Crippen molar-refractivity contribution in [2.45, 2.75) is 34.1 Å². The molecule has 0 spiro atoms. The Hall–Kier alpha value is -2.18. The van der Waals surface area contributed by atoms with Gasteiger partial charge in [-0.15, -0.1) is 0 Å². The third kappa shape index (κ3) is 3.48. The summed E-state index contributed by atoms with van der Waals surface area (Å²) in [7, 11) is 0. The summed E-state index contributed by atoms with van der Waals surface area (Å²) >= 11 is 0. The highest BCUT2D eigenvalue weighted by molar-refractivity contribution is 5.40. The summed E-state index contributed by atoms with van der Waals surface area (Å²) < 4.78 is 1.87. The molecule has 21 heavy (non-hydrogen) atoms. The molecule has 0 aliphatic heterocycles. The molecule has 1 N–H and O–H groups in total. The Morgan fingerprint density at radius 3 is 2.48 bits per heavy atom. The minimum Gasteiger partial charge on any atom is -0.354 e. The summed E-state index contributed by atoms with van der Waals surface area (Å²) in [6.45, 7) is 10.8. The minimum atomic E-state index is 0.598. The van der Waals surface area contributed by atoms with Gasteiger partial charge in [0, 0.05) is 32.0 Å². The molecule has 0 bridgehead atoms. The van der Waals surface area contributed by atoms with Crippen LogP contribution in [-0.4, -0.2) is 44.1 Å². The molecule has 0 aromatic carbocycles. The molecule has 0 fully saturated rings. The van der Waals surface area contributed by atoms with Crippen molar-refractivity contribution in [1.82, 2.24) is 24.5 Å². The lowest BCUT2D eigenvalue weighted by Gasteiger charge is -2.19. The summed E-state index contributed by atoms with van der Waals surface area (Å²) in [4.78, 5) is 19.9. The van der Waals surface area contributed by atoms with Gasteiger partial charge < -0.3 is 10.2 Å². The zero-order chi connectivity index (χ0) is 15.2. The van der Waals surface area contributed by atoms with Crippen LogP contribution >= 0.6 is 0 Å². The van der Waals surface area contributed by atoms with Gasteiger partial charge in [-0.1, -0.05) is 6.92 Å². The van der Waals surface area contributed by atoms with Crippen molar-refractivity contribution >= 4 is 11.9 Å². The Morgan fingerprint density at radius 2 is 1.90 bits per heavy atom. The summed E-state index contributed by atoms with van der Waals surface area (Å²) in [5, 5.41) is 3.24. The molecular formula is C14H23N7. The third-order valence-electron chi connectivity index (χ3n) is 3.23. The van der Waals surface area contributed by atoms with Crippen LogP contribution in [-0.2, 0) is 0 Å². The summed E-state index contributed by atoms with van der Waals surface area (Å²) in [6.07, 6.45) is 4.63. The zero-order valence-corrected chi connectivity index (χ0v) is 13.2. The monoisotopic (exact) mass is 289 g/mol. The molecule has 2 rings (SSSR count). The van der Waals surface area contributed by atoms with Crippen molar-refractivity contribution in [3.63, 3.8) is 0 Å². The predicted octanol–water partition coefficient (Wildman–Crippen LogP) is 2.03. The zero-order valence-electron chi connectivity index (χ0n) is 13.2. The van der Waals surface area contributed by atoms with Gasteiger partial charge in [-0.2, -0.15) is 15.0 Å². The molecule has 0 amide bonds.